The normalized spacial score (nSPS) is 22.1. The number of para-hydroxylation sites is 2. The minimum Gasteiger partial charge on any atom is -0.371 e. The number of nitrogens with one attached hydrogen (secondary N) is 1. The van der Waals surface area contributed by atoms with E-state index in [0.29, 0.717) is 12.5 Å². The summed E-state index contributed by atoms with van der Waals surface area (Å²) in [5.41, 5.74) is 2.35. The number of piperidine rings is 1. The maximum atomic E-state index is 12.8. The fourth-order valence-corrected chi connectivity index (χ4v) is 6.00. The molecule has 3 heterocycles. The van der Waals surface area contributed by atoms with Crippen LogP contribution >= 0.6 is 11.3 Å². The number of carbonyl (C=O) groups excluding carboxylic acids is 1. The van der Waals surface area contributed by atoms with E-state index in [1.807, 2.05) is 6.07 Å². The molecule has 2 atom stereocenters. The average Bonchev–Trinajstić information content (AvgIpc) is 3.46. The molecule has 2 unspecified atom stereocenters. The van der Waals surface area contributed by atoms with Gasteiger partial charge >= 0.3 is 0 Å². The largest absolute Gasteiger partial charge is 0.371 e. The third-order valence-corrected chi connectivity index (χ3v) is 7.69. The molecule has 2 saturated heterocycles. The summed E-state index contributed by atoms with van der Waals surface area (Å²) in [4.78, 5) is 22.4. The fraction of sp³-hybridized carbons (Fsp3) is 0.440. The zero-order valence-electron chi connectivity index (χ0n) is 17.9. The number of nitrogens with zero attached hydrogens (tertiary/aromatic N) is 3. The first-order chi connectivity index (χ1) is 15.3. The Morgan fingerprint density at radius 2 is 1.87 bits per heavy atom. The Morgan fingerprint density at radius 1 is 1.03 bits per heavy atom. The van der Waals surface area contributed by atoms with Crippen molar-refractivity contribution in [1.82, 2.24) is 15.2 Å². The van der Waals surface area contributed by atoms with E-state index in [-0.39, 0.29) is 11.9 Å². The Bertz CT molecular complexity index is 988. The second-order valence-corrected chi connectivity index (χ2v) is 9.80. The van der Waals surface area contributed by atoms with Crippen LogP contribution in [0.5, 0.6) is 0 Å². The van der Waals surface area contributed by atoms with E-state index in [2.05, 4.69) is 63.6 Å². The van der Waals surface area contributed by atoms with Crippen molar-refractivity contribution < 1.29 is 4.79 Å². The van der Waals surface area contributed by atoms with E-state index in [0.717, 1.165) is 56.0 Å². The molecule has 0 saturated carbocycles. The van der Waals surface area contributed by atoms with E-state index in [9.17, 15) is 4.79 Å². The summed E-state index contributed by atoms with van der Waals surface area (Å²) >= 11 is 1.78. The number of hydrogen-bond acceptors (Lipinski definition) is 5. The van der Waals surface area contributed by atoms with Gasteiger partial charge < -0.3 is 10.2 Å². The van der Waals surface area contributed by atoms with Gasteiger partial charge in [-0.2, -0.15) is 0 Å². The van der Waals surface area contributed by atoms with Crippen LogP contribution in [-0.2, 0) is 4.79 Å². The molecule has 2 aliphatic heterocycles. The smallest absolute Gasteiger partial charge is 0.234 e. The third-order valence-electron chi connectivity index (χ3n) is 6.55. The van der Waals surface area contributed by atoms with E-state index >= 15 is 0 Å². The van der Waals surface area contributed by atoms with Gasteiger partial charge in [0.2, 0.25) is 5.91 Å². The zero-order valence-corrected chi connectivity index (χ0v) is 18.7. The summed E-state index contributed by atoms with van der Waals surface area (Å²) in [5, 5.41) is 4.37. The summed E-state index contributed by atoms with van der Waals surface area (Å²) in [7, 11) is 0. The van der Waals surface area contributed by atoms with Crippen molar-refractivity contribution in [2.45, 2.75) is 31.7 Å². The Kier molecular flexibility index (Phi) is 6.18. The molecule has 3 aromatic rings. The van der Waals surface area contributed by atoms with Crippen LogP contribution in [0.1, 0.15) is 36.7 Å². The van der Waals surface area contributed by atoms with E-state index in [4.69, 9.17) is 4.98 Å². The summed E-state index contributed by atoms with van der Waals surface area (Å²) in [6, 6.07) is 19.1. The maximum Gasteiger partial charge on any atom is 0.234 e. The van der Waals surface area contributed by atoms with Crippen molar-refractivity contribution in [1.29, 1.82) is 0 Å². The monoisotopic (exact) mass is 434 g/mol. The lowest BCUT2D eigenvalue weighted by Crippen LogP contribution is -2.43. The predicted octanol–water partition coefficient (Wildman–Crippen LogP) is 4.47. The standard InChI is InChI=1S/C25H30N4OS/c30-24(26-16-19-13-15-28(17-19)20-8-2-1-3-9-20)18-29-14-7-6-11-22(29)25-27-21-10-4-5-12-23(21)31-25/h1-5,8-10,12,19,22H,6-7,11,13-18H2,(H,26,30). The first-order valence-electron chi connectivity index (χ1n) is 11.4. The van der Waals surface area contributed by atoms with Crippen molar-refractivity contribution in [3.63, 3.8) is 0 Å². The molecule has 0 bridgehead atoms. The molecule has 0 spiro atoms. The first-order valence-corrected chi connectivity index (χ1v) is 12.2. The Hall–Kier alpha value is -2.44. The van der Waals surface area contributed by atoms with Gasteiger partial charge in [-0.1, -0.05) is 36.8 Å². The molecule has 0 aliphatic carbocycles. The first kappa shape index (κ1) is 20.5. The van der Waals surface area contributed by atoms with E-state index < -0.39 is 0 Å². The van der Waals surface area contributed by atoms with Gasteiger partial charge in [-0.05, 0) is 56.0 Å². The second kappa shape index (κ2) is 9.37. The predicted molar refractivity (Wildman–Crippen MR) is 128 cm³/mol. The van der Waals surface area contributed by atoms with Crippen molar-refractivity contribution in [3.8, 4) is 0 Å². The molecule has 2 aromatic carbocycles. The van der Waals surface area contributed by atoms with Crippen LogP contribution in [0.2, 0.25) is 0 Å². The van der Waals surface area contributed by atoms with E-state index in [1.54, 1.807) is 11.3 Å². The fourth-order valence-electron chi connectivity index (χ4n) is 4.86. The van der Waals surface area contributed by atoms with Crippen LogP contribution in [0.25, 0.3) is 10.2 Å². The quantitative estimate of drug-likeness (QED) is 0.622. The van der Waals surface area contributed by atoms with Gasteiger partial charge in [0.05, 0.1) is 22.8 Å². The Labute approximate surface area is 188 Å². The van der Waals surface area contributed by atoms with Crippen LogP contribution in [0.3, 0.4) is 0 Å². The summed E-state index contributed by atoms with van der Waals surface area (Å²) in [6.45, 7) is 4.29. The average molecular weight is 435 g/mol. The van der Waals surface area contributed by atoms with Crippen LogP contribution < -0.4 is 10.2 Å². The number of benzene rings is 2. The zero-order chi connectivity index (χ0) is 21.0. The summed E-state index contributed by atoms with van der Waals surface area (Å²) in [6.07, 6.45) is 4.58. The summed E-state index contributed by atoms with van der Waals surface area (Å²) < 4.78 is 1.23. The highest BCUT2D eigenvalue weighted by molar-refractivity contribution is 7.18. The number of likely N-dealkylation sites (tertiary alicyclic amines) is 1. The third kappa shape index (κ3) is 4.75. The molecule has 31 heavy (non-hydrogen) atoms. The van der Waals surface area contributed by atoms with Crippen LogP contribution in [0.15, 0.2) is 54.6 Å². The minimum atomic E-state index is 0.145. The lowest BCUT2D eigenvalue weighted by Gasteiger charge is -2.33. The van der Waals surface area contributed by atoms with Gasteiger partial charge in [-0.25, -0.2) is 4.98 Å². The molecular formula is C25H30N4OS. The topological polar surface area (TPSA) is 48.5 Å². The molecule has 1 amide bonds. The molecule has 1 N–H and O–H groups in total. The van der Waals surface area contributed by atoms with Gasteiger partial charge in [0.15, 0.2) is 0 Å². The van der Waals surface area contributed by atoms with Gasteiger partial charge in [-0.15, -0.1) is 11.3 Å². The van der Waals surface area contributed by atoms with Gasteiger partial charge in [0.25, 0.3) is 0 Å². The van der Waals surface area contributed by atoms with Crippen LogP contribution in [-0.4, -0.2) is 48.5 Å². The van der Waals surface area contributed by atoms with E-state index in [1.165, 1.54) is 16.8 Å². The van der Waals surface area contributed by atoms with Gasteiger partial charge in [0.1, 0.15) is 5.01 Å². The molecular weight excluding hydrogens is 404 g/mol. The molecule has 1 aromatic heterocycles. The molecule has 5 nitrogen and oxygen atoms in total. The molecule has 5 rings (SSSR count). The molecule has 0 radical (unpaired) electrons. The Balaban J connectivity index is 1.16. The highest BCUT2D eigenvalue weighted by atomic mass is 32.1. The molecule has 2 fully saturated rings. The van der Waals surface area contributed by atoms with Crippen molar-refractivity contribution >= 4 is 33.1 Å². The number of hydrogen-bond donors (Lipinski definition) is 1. The van der Waals surface area contributed by atoms with Crippen LogP contribution in [0, 0.1) is 5.92 Å². The minimum absolute atomic E-state index is 0.145. The Morgan fingerprint density at radius 3 is 2.74 bits per heavy atom. The number of fused-ring (bicyclic) bond motifs is 1. The summed E-state index contributed by atoms with van der Waals surface area (Å²) in [5.74, 6) is 0.664. The van der Waals surface area contributed by atoms with Crippen molar-refractivity contribution in [2.24, 2.45) is 5.92 Å². The number of aromatic nitrogens is 1. The highest BCUT2D eigenvalue weighted by Gasteiger charge is 2.29. The maximum absolute atomic E-state index is 12.8. The SMILES string of the molecule is O=C(CN1CCCCC1c1nc2ccccc2s1)NCC1CCN(c2ccccc2)C1. The number of carbonyl (C=O) groups is 1. The number of thiazole rings is 1. The second-order valence-electron chi connectivity index (χ2n) is 8.74. The molecule has 2 aliphatic rings. The lowest BCUT2D eigenvalue weighted by molar-refractivity contribution is -0.123. The van der Waals surface area contributed by atoms with Crippen molar-refractivity contribution in [2.75, 3.05) is 37.6 Å². The molecule has 162 valence electrons. The van der Waals surface area contributed by atoms with Gasteiger partial charge in [0, 0.05) is 25.3 Å². The highest BCUT2D eigenvalue weighted by Crippen LogP contribution is 2.35. The van der Waals surface area contributed by atoms with Crippen LogP contribution in [0.4, 0.5) is 5.69 Å². The molecule has 6 heteroatoms. The number of anilines is 1. The van der Waals surface area contributed by atoms with Crippen molar-refractivity contribution in [3.05, 3.63) is 59.6 Å². The number of amides is 1. The number of rotatable bonds is 6. The lowest BCUT2D eigenvalue weighted by atomic mass is 10.0. The van der Waals surface area contributed by atoms with Gasteiger partial charge in [-0.3, -0.25) is 9.69 Å².